The topological polar surface area (TPSA) is 59.6 Å². The van der Waals surface area contributed by atoms with Crippen LogP contribution in [0.3, 0.4) is 0 Å². The van der Waals surface area contributed by atoms with Gasteiger partial charge < -0.3 is 10.1 Å². The summed E-state index contributed by atoms with van der Waals surface area (Å²) in [4.78, 5) is 16.6. The van der Waals surface area contributed by atoms with E-state index < -0.39 is 0 Å². The molecule has 0 aliphatic carbocycles. The molecule has 1 unspecified atom stereocenters. The molecule has 1 saturated heterocycles. The Morgan fingerprint density at radius 1 is 1.57 bits per heavy atom. The average molecular weight is 202 g/mol. The van der Waals surface area contributed by atoms with Gasteiger partial charge in [-0.1, -0.05) is 0 Å². The van der Waals surface area contributed by atoms with Gasteiger partial charge in [0.1, 0.15) is 6.04 Å². The van der Waals surface area contributed by atoms with Crippen LogP contribution < -0.4 is 10.8 Å². The van der Waals surface area contributed by atoms with Gasteiger partial charge in [0, 0.05) is 6.54 Å². The van der Waals surface area contributed by atoms with Crippen molar-refractivity contribution < 1.29 is 14.4 Å². The standard InChI is InChI=1S/C9H18N2O3/c1-9(2,3)14-11-8(12)7-6-13-5-4-10-7/h7,10H,4-6H2,1-3H3,(H,11,12). The van der Waals surface area contributed by atoms with Gasteiger partial charge in [0.2, 0.25) is 0 Å². The fraction of sp³-hybridized carbons (Fsp3) is 0.889. The third kappa shape index (κ3) is 4.04. The highest BCUT2D eigenvalue weighted by molar-refractivity contribution is 5.81. The van der Waals surface area contributed by atoms with Crippen molar-refractivity contribution in [2.24, 2.45) is 0 Å². The Labute approximate surface area is 84.1 Å². The summed E-state index contributed by atoms with van der Waals surface area (Å²) in [5.41, 5.74) is 2.04. The van der Waals surface area contributed by atoms with E-state index in [2.05, 4.69) is 10.8 Å². The van der Waals surface area contributed by atoms with E-state index in [1.165, 1.54) is 0 Å². The zero-order valence-electron chi connectivity index (χ0n) is 8.92. The molecule has 1 heterocycles. The van der Waals surface area contributed by atoms with Crippen molar-refractivity contribution in [3.63, 3.8) is 0 Å². The van der Waals surface area contributed by atoms with Crippen molar-refractivity contribution in [2.75, 3.05) is 19.8 Å². The van der Waals surface area contributed by atoms with Gasteiger partial charge in [0.15, 0.2) is 0 Å². The van der Waals surface area contributed by atoms with E-state index in [4.69, 9.17) is 9.57 Å². The van der Waals surface area contributed by atoms with Crippen molar-refractivity contribution in [2.45, 2.75) is 32.4 Å². The summed E-state index contributed by atoms with van der Waals surface area (Å²) in [7, 11) is 0. The summed E-state index contributed by atoms with van der Waals surface area (Å²) >= 11 is 0. The zero-order valence-corrected chi connectivity index (χ0v) is 8.92. The number of rotatable bonds is 2. The molecule has 1 amide bonds. The van der Waals surface area contributed by atoms with Crippen LogP contribution in [0.5, 0.6) is 0 Å². The van der Waals surface area contributed by atoms with E-state index >= 15 is 0 Å². The summed E-state index contributed by atoms with van der Waals surface area (Å²) < 4.78 is 5.16. The molecule has 0 aromatic carbocycles. The minimum atomic E-state index is -0.370. The number of amides is 1. The summed E-state index contributed by atoms with van der Waals surface area (Å²) in [6, 6.07) is -0.300. The molecular formula is C9H18N2O3. The number of morpholine rings is 1. The third-order valence-corrected chi connectivity index (χ3v) is 1.70. The lowest BCUT2D eigenvalue weighted by Crippen LogP contribution is -2.52. The zero-order chi connectivity index (χ0) is 10.6. The first-order chi connectivity index (χ1) is 6.49. The second kappa shape index (κ2) is 4.72. The maximum Gasteiger partial charge on any atom is 0.263 e. The van der Waals surface area contributed by atoms with Crippen molar-refractivity contribution in [3.05, 3.63) is 0 Å². The Kier molecular flexibility index (Phi) is 3.86. The van der Waals surface area contributed by atoms with E-state index in [1.54, 1.807) is 0 Å². The highest BCUT2D eigenvalue weighted by Gasteiger charge is 2.22. The van der Waals surface area contributed by atoms with Crippen molar-refractivity contribution >= 4 is 5.91 Å². The van der Waals surface area contributed by atoms with Crippen LogP contribution in [0.1, 0.15) is 20.8 Å². The first kappa shape index (κ1) is 11.4. The SMILES string of the molecule is CC(C)(C)ONC(=O)C1COCCN1. The quantitative estimate of drug-likeness (QED) is 0.610. The molecule has 1 rings (SSSR count). The van der Waals surface area contributed by atoms with Gasteiger partial charge >= 0.3 is 0 Å². The highest BCUT2D eigenvalue weighted by Crippen LogP contribution is 2.04. The molecule has 5 nitrogen and oxygen atoms in total. The van der Waals surface area contributed by atoms with Crippen molar-refractivity contribution in [1.82, 2.24) is 10.8 Å². The molecule has 0 spiro atoms. The molecule has 1 atom stereocenters. The third-order valence-electron chi connectivity index (χ3n) is 1.70. The maximum absolute atomic E-state index is 11.5. The molecule has 0 radical (unpaired) electrons. The molecule has 0 aromatic heterocycles. The predicted molar refractivity (Wildman–Crippen MR) is 51.6 cm³/mol. The molecule has 1 fully saturated rings. The lowest BCUT2D eigenvalue weighted by Gasteiger charge is -2.25. The second-order valence-electron chi connectivity index (χ2n) is 4.26. The van der Waals surface area contributed by atoms with E-state index in [9.17, 15) is 4.79 Å². The van der Waals surface area contributed by atoms with Gasteiger partial charge in [0.25, 0.3) is 5.91 Å². The molecule has 0 bridgehead atoms. The number of ether oxygens (including phenoxy) is 1. The largest absolute Gasteiger partial charge is 0.378 e. The van der Waals surface area contributed by atoms with Crippen molar-refractivity contribution in [3.8, 4) is 0 Å². The number of nitrogens with one attached hydrogen (secondary N) is 2. The normalized spacial score (nSPS) is 23.2. The lowest BCUT2D eigenvalue weighted by atomic mass is 10.2. The van der Waals surface area contributed by atoms with Crippen LogP contribution in [0, 0.1) is 0 Å². The van der Waals surface area contributed by atoms with E-state index in [0.29, 0.717) is 19.8 Å². The molecule has 0 aromatic rings. The molecule has 5 heteroatoms. The monoisotopic (exact) mass is 202 g/mol. The number of hydroxylamine groups is 1. The number of hydrogen-bond donors (Lipinski definition) is 2. The van der Waals surface area contributed by atoms with Crippen LogP contribution in [0.25, 0.3) is 0 Å². The van der Waals surface area contributed by atoms with Crippen LogP contribution in [0.15, 0.2) is 0 Å². The van der Waals surface area contributed by atoms with Crippen LogP contribution >= 0.6 is 0 Å². The number of carbonyl (C=O) groups excluding carboxylic acids is 1. The smallest absolute Gasteiger partial charge is 0.263 e. The maximum atomic E-state index is 11.5. The Balaban J connectivity index is 2.27. The molecule has 1 aliphatic heterocycles. The Morgan fingerprint density at radius 3 is 2.79 bits per heavy atom. The van der Waals surface area contributed by atoms with Crippen LogP contribution in [-0.2, 0) is 14.4 Å². The van der Waals surface area contributed by atoms with E-state index in [-0.39, 0.29) is 17.6 Å². The molecule has 1 aliphatic rings. The average Bonchev–Trinajstić information content (AvgIpc) is 2.14. The van der Waals surface area contributed by atoms with Gasteiger partial charge in [-0.05, 0) is 20.8 Å². The first-order valence-electron chi connectivity index (χ1n) is 4.78. The number of hydrogen-bond acceptors (Lipinski definition) is 4. The Morgan fingerprint density at radius 2 is 2.29 bits per heavy atom. The van der Waals surface area contributed by atoms with Crippen LogP contribution in [0.2, 0.25) is 0 Å². The molecule has 14 heavy (non-hydrogen) atoms. The highest BCUT2D eigenvalue weighted by atomic mass is 16.7. The number of carbonyl (C=O) groups is 1. The Bertz CT molecular complexity index is 195. The van der Waals surface area contributed by atoms with Crippen LogP contribution in [0.4, 0.5) is 0 Å². The van der Waals surface area contributed by atoms with E-state index in [0.717, 1.165) is 0 Å². The lowest BCUT2D eigenvalue weighted by molar-refractivity contribution is -0.150. The fourth-order valence-corrected chi connectivity index (χ4v) is 1.01. The first-order valence-corrected chi connectivity index (χ1v) is 4.78. The van der Waals surface area contributed by atoms with Gasteiger partial charge in [-0.15, -0.1) is 0 Å². The second-order valence-corrected chi connectivity index (χ2v) is 4.26. The summed E-state index contributed by atoms with van der Waals surface area (Å²) in [6.07, 6.45) is 0. The minimum Gasteiger partial charge on any atom is -0.378 e. The van der Waals surface area contributed by atoms with Gasteiger partial charge in [0.05, 0.1) is 18.8 Å². The van der Waals surface area contributed by atoms with Gasteiger partial charge in [-0.2, -0.15) is 0 Å². The van der Waals surface area contributed by atoms with E-state index in [1.807, 2.05) is 20.8 Å². The fourth-order valence-electron chi connectivity index (χ4n) is 1.01. The van der Waals surface area contributed by atoms with Gasteiger partial charge in [-0.25, -0.2) is 5.48 Å². The van der Waals surface area contributed by atoms with Gasteiger partial charge in [-0.3, -0.25) is 9.63 Å². The van der Waals surface area contributed by atoms with Crippen LogP contribution in [-0.4, -0.2) is 37.3 Å². The molecule has 0 saturated carbocycles. The summed E-state index contributed by atoms with van der Waals surface area (Å²) in [5.74, 6) is -0.181. The summed E-state index contributed by atoms with van der Waals surface area (Å²) in [5, 5.41) is 3.04. The Hall–Kier alpha value is -0.650. The molecular weight excluding hydrogens is 184 g/mol. The molecule has 2 N–H and O–H groups in total. The molecule has 82 valence electrons. The minimum absolute atomic E-state index is 0.181. The predicted octanol–water partition coefficient (Wildman–Crippen LogP) is -0.179. The summed E-state index contributed by atoms with van der Waals surface area (Å²) in [6.45, 7) is 7.38. The van der Waals surface area contributed by atoms with Crippen molar-refractivity contribution in [1.29, 1.82) is 0 Å².